The Hall–Kier alpha value is -0.540. The van der Waals surface area contributed by atoms with E-state index in [9.17, 15) is 8.42 Å². The molecule has 1 aliphatic heterocycles. The van der Waals surface area contributed by atoms with Gasteiger partial charge >= 0.3 is 0 Å². The van der Waals surface area contributed by atoms with Crippen molar-refractivity contribution in [3.05, 3.63) is 17.0 Å². The molecule has 1 fully saturated rings. The molecule has 1 aliphatic rings. The third-order valence-corrected chi connectivity index (χ3v) is 7.32. The van der Waals surface area contributed by atoms with Crippen LogP contribution in [0.4, 0.5) is 0 Å². The maximum Gasteiger partial charge on any atom is 0.252 e. The number of nitrogens with zero attached hydrogens (tertiary/aromatic N) is 2. The molecule has 0 aliphatic carbocycles. The minimum atomic E-state index is -3.46. The van der Waals surface area contributed by atoms with Crippen molar-refractivity contribution in [3.8, 4) is 0 Å². The molecule has 0 radical (unpaired) electrons. The van der Waals surface area contributed by atoms with Crippen molar-refractivity contribution < 1.29 is 8.42 Å². The van der Waals surface area contributed by atoms with Gasteiger partial charge in [-0.05, 0) is 39.1 Å². The van der Waals surface area contributed by atoms with E-state index in [4.69, 9.17) is 18.0 Å². The first kappa shape index (κ1) is 15.8. The second kappa shape index (κ2) is 6.07. The van der Waals surface area contributed by atoms with E-state index in [1.54, 1.807) is 16.4 Å². The highest BCUT2D eigenvalue weighted by molar-refractivity contribution is 7.91. The molecule has 112 valence electrons. The molecule has 20 heavy (non-hydrogen) atoms. The summed E-state index contributed by atoms with van der Waals surface area (Å²) >= 11 is 6.03. The van der Waals surface area contributed by atoms with Gasteiger partial charge in [0.2, 0.25) is 0 Å². The molecule has 0 spiro atoms. The molecule has 0 bridgehead atoms. The van der Waals surface area contributed by atoms with Crippen LogP contribution >= 0.6 is 23.6 Å². The van der Waals surface area contributed by atoms with E-state index in [1.807, 2.05) is 14.0 Å². The van der Waals surface area contributed by atoms with Crippen LogP contribution < -0.4 is 5.73 Å². The van der Waals surface area contributed by atoms with Crippen LogP contribution in [0.15, 0.2) is 16.3 Å². The third-order valence-electron chi connectivity index (χ3n) is 3.37. The Bertz CT molecular complexity index is 597. The number of rotatable bonds is 3. The molecular weight excluding hydrogens is 314 g/mol. The Labute approximate surface area is 129 Å². The maximum atomic E-state index is 12.7. The van der Waals surface area contributed by atoms with E-state index in [0.29, 0.717) is 15.6 Å². The number of sulfonamides is 1. The van der Waals surface area contributed by atoms with Crippen molar-refractivity contribution in [2.24, 2.45) is 5.73 Å². The molecule has 2 heterocycles. The zero-order valence-corrected chi connectivity index (χ0v) is 14.0. The summed E-state index contributed by atoms with van der Waals surface area (Å²) in [4.78, 5) is 3.04. The highest BCUT2D eigenvalue weighted by Gasteiger charge is 2.32. The Morgan fingerprint density at radius 2 is 2.15 bits per heavy atom. The van der Waals surface area contributed by atoms with Gasteiger partial charge in [-0.1, -0.05) is 12.2 Å². The Morgan fingerprint density at radius 3 is 2.75 bits per heavy atom. The van der Waals surface area contributed by atoms with Gasteiger partial charge in [0.15, 0.2) is 0 Å². The van der Waals surface area contributed by atoms with Gasteiger partial charge in [-0.25, -0.2) is 8.42 Å². The largest absolute Gasteiger partial charge is 0.389 e. The van der Waals surface area contributed by atoms with Gasteiger partial charge in [0.25, 0.3) is 10.0 Å². The molecule has 8 heteroatoms. The predicted octanol–water partition coefficient (Wildman–Crippen LogP) is 1.10. The molecule has 2 N–H and O–H groups in total. The zero-order chi connectivity index (χ0) is 14.9. The number of thiophene rings is 1. The van der Waals surface area contributed by atoms with E-state index in [0.717, 1.165) is 30.8 Å². The van der Waals surface area contributed by atoms with E-state index in [1.165, 1.54) is 0 Å². The lowest BCUT2D eigenvalue weighted by Crippen LogP contribution is -2.41. The molecular formula is C12H19N3O2S3. The Balaban J connectivity index is 2.30. The van der Waals surface area contributed by atoms with Gasteiger partial charge < -0.3 is 10.6 Å². The first-order valence-electron chi connectivity index (χ1n) is 6.42. The summed E-state index contributed by atoms with van der Waals surface area (Å²) in [6, 6.07) is 3.23. The summed E-state index contributed by atoms with van der Waals surface area (Å²) in [5, 5.41) is 0. The van der Waals surface area contributed by atoms with Crippen molar-refractivity contribution in [3.63, 3.8) is 0 Å². The van der Waals surface area contributed by atoms with Crippen molar-refractivity contribution >= 4 is 38.6 Å². The van der Waals surface area contributed by atoms with Gasteiger partial charge in [-0.2, -0.15) is 4.31 Å². The lowest BCUT2D eigenvalue weighted by Gasteiger charge is -2.26. The normalized spacial score (nSPS) is 22.6. The van der Waals surface area contributed by atoms with Crippen molar-refractivity contribution in [1.29, 1.82) is 0 Å². The van der Waals surface area contributed by atoms with Crippen LogP contribution in [0.1, 0.15) is 18.2 Å². The summed E-state index contributed by atoms with van der Waals surface area (Å²) in [7, 11) is -1.44. The van der Waals surface area contributed by atoms with E-state index in [2.05, 4.69) is 4.90 Å². The fourth-order valence-electron chi connectivity index (χ4n) is 2.41. The van der Waals surface area contributed by atoms with Crippen LogP contribution in [-0.4, -0.2) is 55.3 Å². The molecule has 1 aromatic heterocycles. The van der Waals surface area contributed by atoms with Crippen LogP contribution in [0.2, 0.25) is 0 Å². The zero-order valence-electron chi connectivity index (χ0n) is 11.6. The Kier molecular flexibility index (Phi) is 4.80. The van der Waals surface area contributed by atoms with Crippen molar-refractivity contribution in [2.75, 3.05) is 26.7 Å². The molecule has 1 saturated heterocycles. The van der Waals surface area contributed by atoms with Crippen LogP contribution in [0.5, 0.6) is 0 Å². The number of hydrogen-bond donors (Lipinski definition) is 1. The van der Waals surface area contributed by atoms with Crippen molar-refractivity contribution in [2.45, 2.75) is 23.6 Å². The fourth-order valence-corrected chi connectivity index (χ4v) is 5.56. The quantitative estimate of drug-likeness (QED) is 0.839. The fraction of sp³-hybridized carbons (Fsp3) is 0.583. The van der Waals surface area contributed by atoms with Crippen LogP contribution in [0.3, 0.4) is 0 Å². The van der Waals surface area contributed by atoms with E-state index < -0.39 is 10.0 Å². The maximum absolute atomic E-state index is 12.7. The standard InChI is InChI=1S/C12H19N3O2S3/c1-9-8-14(2)6-3-7-15(9)20(16,17)11-5-4-10(19-11)12(13)18/h4-5,9H,3,6-8H2,1-2H3,(H2,13,18). The lowest BCUT2D eigenvalue weighted by atomic mass is 10.3. The summed E-state index contributed by atoms with van der Waals surface area (Å²) < 4.78 is 27.4. The monoisotopic (exact) mass is 333 g/mol. The van der Waals surface area contributed by atoms with Gasteiger partial charge in [0.1, 0.15) is 9.20 Å². The van der Waals surface area contributed by atoms with Gasteiger partial charge in [0.05, 0.1) is 4.88 Å². The van der Waals surface area contributed by atoms with E-state index in [-0.39, 0.29) is 11.0 Å². The minimum absolute atomic E-state index is 0.0390. The molecule has 1 atom stereocenters. The summed E-state index contributed by atoms with van der Waals surface area (Å²) in [6.45, 7) is 4.15. The third kappa shape index (κ3) is 3.20. The van der Waals surface area contributed by atoms with Crippen LogP contribution in [0.25, 0.3) is 0 Å². The number of thiocarbonyl (C=S) groups is 1. The first-order valence-corrected chi connectivity index (χ1v) is 9.09. The molecule has 0 saturated carbocycles. The van der Waals surface area contributed by atoms with Gasteiger partial charge in [-0.15, -0.1) is 11.3 Å². The molecule has 2 rings (SSSR count). The number of likely N-dealkylation sites (N-methyl/N-ethyl adjacent to an activating group) is 1. The lowest BCUT2D eigenvalue weighted by molar-refractivity contribution is 0.291. The highest BCUT2D eigenvalue weighted by atomic mass is 32.2. The van der Waals surface area contributed by atoms with Crippen LogP contribution in [0, 0.1) is 0 Å². The smallest absolute Gasteiger partial charge is 0.252 e. The molecule has 1 aromatic rings. The average Bonchev–Trinajstić information content (AvgIpc) is 2.78. The number of hydrogen-bond acceptors (Lipinski definition) is 5. The highest BCUT2D eigenvalue weighted by Crippen LogP contribution is 2.27. The minimum Gasteiger partial charge on any atom is -0.389 e. The van der Waals surface area contributed by atoms with Gasteiger partial charge in [0, 0.05) is 19.1 Å². The number of nitrogens with two attached hydrogens (primary N) is 1. The summed E-state index contributed by atoms with van der Waals surface area (Å²) in [5.41, 5.74) is 5.55. The molecule has 5 nitrogen and oxygen atoms in total. The second-order valence-electron chi connectivity index (χ2n) is 5.06. The molecule has 0 aromatic carbocycles. The summed E-state index contributed by atoms with van der Waals surface area (Å²) in [6.07, 6.45) is 0.841. The molecule has 1 unspecified atom stereocenters. The first-order chi connectivity index (χ1) is 9.32. The molecule has 0 amide bonds. The Morgan fingerprint density at radius 1 is 1.45 bits per heavy atom. The summed E-state index contributed by atoms with van der Waals surface area (Å²) in [5.74, 6) is 0. The van der Waals surface area contributed by atoms with E-state index >= 15 is 0 Å². The SMILES string of the molecule is CC1CN(C)CCCN1S(=O)(=O)c1ccc(C(N)=S)s1. The van der Waals surface area contributed by atoms with Crippen molar-refractivity contribution in [1.82, 2.24) is 9.21 Å². The predicted molar refractivity (Wildman–Crippen MR) is 85.7 cm³/mol. The topological polar surface area (TPSA) is 66.6 Å². The second-order valence-corrected chi connectivity index (χ2v) is 8.70. The van der Waals surface area contributed by atoms with Gasteiger partial charge in [-0.3, -0.25) is 0 Å². The van der Waals surface area contributed by atoms with Crippen LogP contribution in [-0.2, 0) is 10.0 Å². The average molecular weight is 334 g/mol.